The van der Waals surface area contributed by atoms with E-state index in [9.17, 15) is 17.6 Å². The zero-order valence-electron chi connectivity index (χ0n) is 14.2. The Morgan fingerprint density at radius 2 is 1.96 bits per heavy atom. The maximum atomic E-state index is 13.8. The van der Waals surface area contributed by atoms with Gasteiger partial charge in [-0.25, -0.2) is 12.8 Å². The molecule has 1 saturated heterocycles. The van der Waals surface area contributed by atoms with Crippen molar-refractivity contribution in [2.45, 2.75) is 56.1 Å². The SMILES string of the molecule is CC(=O)Nc1cc(S(=O)(=O)N2CCCC(OC3CCC3)C2)ccc1F. The summed E-state index contributed by atoms with van der Waals surface area (Å²) in [6.45, 7) is 1.97. The molecule has 0 spiro atoms. The van der Waals surface area contributed by atoms with Crippen LogP contribution >= 0.6 is 0 Å². The number of hydrogen-bond donors (Lipinski definition) is 1. The Kier molecular flexibility index (Phi) is 5.41. The van der Waals surface area contributed by atoms with Crippen molar-refractivity contribution < 1.29 is 22.3 Å². The molecule has 2 aliphatic rings. The minimum atomic E-state index is -3.76. The molecule has 1 aliphatic carbocycles. The van der Waals surface area contributed by atoms with Gasteiger partial charge in [0.2, 0.25) is 15.9 Å². The van der Waals surface area contributed by atoms with Gasteiger partial charge in [-0.05, 0) is 50.3 Å². The third-order valence-corrected chi connectivity index (χ3v) is 6.53. The lowest BCUT2D eigenvalue weighted by atomic mass is 9.95. The second kappa shape index (κ2) is 7.39. The molecule has 6 nitrogen and oxygen atoms in total. The molecule has 1 aromatic carbocycles. The van der Waals surface area contributed by atoms with E-state index in [2.05, 4.69) is 5.32 Å². The summed E-state index contributed by atoms with van der Waals surface area (Å²) in [5, 5.41) is 2.32. The number of carbonyl (C=O) groups excluding carboxylic acids is 1. The molecule has 0 radical (unpaired) electrons. The lowest BCUT2D eigenvalue weighted by molar-refractivity contribution is -0.114. The Morgan fingerprint density at radius 3 is 2.60 bits per heavy atom. The third-order valence-electron chi connectivity index (χ3n) is 4.66. The van der Waals surface area contributed by atoms with Gasteiger partial charge in [0.05, 0.1) is 22.8 Å². The van der Waals surface area contributed by atoms with Crippen molar-refractivity contribution in [1.82, 2.24) is 4.31 Å². The van der Waals surface area contributed by atoms with Crippen molar-refractivity contribution in [3.63, 3.8) is 0 Å². The highest BCUT2D eigenvalue weighted by molar-refractivity contribution is 7.89. The highest BCUT2D eigenvalue weighted by atomic mass is 32.2. The Hall–Kier alpha value is -1.51. The molecular formula is C17H23FN2O4S. The summed E-state index contributed by atoms with van der Waals surface area (Å²) in [5.41, 5.74) is -0.132. The van der Waals surface area contributed by atoms with Gasteiger partial charge < -0.3 is 10.1 Å². The van der Waals surface area contributed by atoms with E-state index < -0.39 is 21.7 Å². The monoisotopic (exact) mass is 370 g/mol. The standard InChI is InChI=1S/C17H23FN2O4S/c1-12(21)19-17-10-15(7-8-16(17)18)25(22,23)20-9-3-6-14(11-20)24-13-4-2-5-13/h7-8,10,13-14H,2-6,9,11H2,1H3,(H,19,21). The van der Waals surface area contributed by atoms with Crippen molar-refractivity contribution >= 4 is 21.6 Å². The number of piperidine rings is 1. The molecule has 1 unspecified atom stereocenters. The molecule has 2 fully saturated rings. The number of nitrogens with zero attached hydrogens (tertiary/aromatic N) is 1. The zero-order chi connectivity index (χ0) is 18.0. The highest BCUT2D eigenvalue weighted by Crippen LogP contribution is 2.29. The fourth-order valence-electron chi connectivity index (χ4n) is 3.11. The van der Waals surface area contributed by atoms with Gasteiger partial charge in [0.1, 0.15) is 5.82 Å². The van der Waals surface area contributed by atoms with E-state index in [4.69, 9.17) is 4.74 Å². The summed E-state index contributed by atoms with van der Waals surface area (Å²) in [6, 6.07) is 3.46. The van der Waals surface area contributed by atoms with Crippen LogP contribution in [-0.4, -0.2) is 43.9 Å². The summed E-state index contributed by atoms with van der Waals surface area (Å²) in [5.74, 6) is -1.13. The first kappa shape index (κ1) is 18.3. The molecule has 138 valence electrons. The average Bonchev–Trinajstić information content (AvgIpc) is 2.53. The van der Waals surface area contributed by atoms with E-state index in [0.717, 1.165) is 31.7 Å². The number of carbonyl (C=O) groups is 1. The maximum Gasteiger partial charge on any atom is 0.243 e. The van der Waals surface area contributed by atoms with Crippen molar-refractivity contribution in [2.75, 3.05) is 18.4 Å². The minimum Gasteiger partial charge on any atom is -0.374 e. The normalized spacial score (nSPS) is 22.4. The van der Waals surface area contributed by atoms with Crippen LogP contribution in [0.15, 0.2) is 23.1 Å². The number of anilines is 1. The van der Waals surface area contributed by atoms with Gasteiger partial charge >= 0.3 is 0 Å². The Labute approximate surface area is 147 Å². The quantitative estimate of drug-likeness (QED) is 0.864. The number of sulfonamides is 1. The van der Waals surface area contributed by atoms with E-state index in [0.29, 0.717) is 13.1 Å². The molecule has 1 amide bonds. The lowest BCUT2D eigenvalue weighted by Gasteiger charge is -2.36. The van der Waals surface area contributed by atoms with Crippen LogP contribution in [0.4, 0.5) is 10.1 Å². The average molecular weight is 370 g/mol. The van der Waals surface area contributed by atoms with Crippen LogP contribution in [0.2, 0.25) is 0 Å². The van der Waals surface area contributed by atoms with Crippen LogP contribution in [0.3, 0.4) is 0 Å². The summed E-state index contributed by atoms with van der Waals surface area (Å²) in [7, 11) is -3.76. The number of hydrogen-bond acceptors (Lipinski definition) is 4. The van der Waals surface area contributed by atoms with Gasteiger partial charge in [0.25, 0.3) is 0 Å². The number of amides is 1. The van der Waals surface area contributed by atoms with Crippen LogP contribution in [0.1, 0.15) is 39.0 Å². The summed E-state index contributed by atoms with van der Waals surface area (Å²) in [4.78, 5) is 11.1. The van der Waals surface area contributed by atoms with E-state index in [-0.39, 0.29) is 22.8 Å². The first-order valence-corrected chi connectivity index (χ1v) is 10.0. The van der Waals surface area contributed by atoms with E-state index in [1.165, 1.54) is 29.8 Å². The topological polar surface area (TPSA) is 75.7 Å². The molecule has 3 rings (SSSR count). The Balaban J connectivity index is 1.76. The molecule has 1 saturated carbocycles. The summed E-state index contributed by atoms with van der Waals surface area (Å²) >= 11 is 0. The Morgan fingerprint density at radius 1 is 1.24 bits per heavy atom. The fraction of sp³-hybridized carbons (Fsp3) is 0.588. The van der Waals surface area contributed by atoms with Gasteiger partial charge in [0, 0.05) is 20.0 Å². The van der Waals surface area contributed by atoms with Crippen LogP contribution in [0, 0.1) is 5.82 Å². The third kappa shape index (κ3) is 4.19. The van der Waals surface area contributed by atoms with Gasteiger partial charge in [-0.3, -0.25) is 4.79 Å². The predicted molar refractivity (Wildman–Crippen MR) is 91.2 cm³/mol. The minimum absolute atomic E-state index is 0.0260. The van der Waals surface area contributed by atoms with Crippen molar-refractivity contribution in [3.8, 4) is 0 Å². The molecular weight excluding hydrogens is 347 g/mol. The van der Waals surface area contributed by atoms with Crippen LogP contribution < -0.4 is 5.32 Å². The van der Waals surface area contributed by atoms with Crippen molar-refractivity contribution in [1.29, 1.82) is 0 Å². The molecule has 1 heterocycles. The van der Waals surface area contributed by atoms with Crippen molar-refractivity contribution in [2.24, 2.45) is 0 Å². The van der Waals surface area contributed by atoms with Crippen LogP contribution in [0.25, 0.3) is 0 Å². The molecule has 25 heavy (non-hydrogen) atoms. The largest absolute Gasteiger partial charge is 0.374 e. The van der Waals surface area contributed by atoms with Crippen molar-refractivity contribution in [3.05, 3.63) is 24.0 Å². The van der Waals surface area contributed by atoms with E-state index >= 15 is 0 Å². The van der Waals surface area contributed by atoms with Gasteiger partial charge in [-0.2, -0.15) is 4.31 Å². The molecule has 1 aromatic rings. The molecule has 1 atom stereocenters. The molecule has 1 N–H and O–H groups in total. The van der Waals surface area contributed by atoms with Gasteiger partial charge in [-0.15, -0.1) is 0 Å². The van der Waals surface area contributed by atoms with Gasteiger partial charge in [-0.1, -0.05) is 0 Å². The first-order valence-electron chi connectivity index (χ1n) is 8.59. The number of benzene rings is 1. The molecule has 0 aromatic heterocycles. The molecule has 0 bridgehead atoms. The van der Waals surface area contributed by atoms with E-state index in [1.807, 2.05) is 0 Å². The summed E-state index contributed by atoms with van der Waals surface area (Å²) < 4.78 is 46.9. The van der Waals surface area contributed by atoms with Gasteiger partial charge in [0.15, 0.2) is 0 Å². The predicted octanol–water partition coefficient (Wildman–Crippen LogP) is 2.51. The second-order valence-electron chi connectivity index (χ2n) is 6.64. The Bertz CT molecular complexity index is 749. The van der Waals surface area contributed by atoms with E-state index in [1.54, 1.807) is 0 Å². The lowest BCUT2D eigenvalue weighted by Crippen LogP contribution is -2.45. The number of ether oxygens (including phenoxy) is 1. The molecule has 1 aliphatic heterocycles. The number of halogens is 1. The maximum absolute atomic E-state index is 13.8. The second-order valence-corrected chi connectivity index (χ2v) is 8.58. The first-order chi connectivity index (χ1) is 11.9. The van der Waals surface area contributed by atoms with Crippen LogP contribution in [0.5, 0.6) is 0 Å². The number of rotatable bonds is 5. The molecule has 8 heteroatoms. The van der Waals surface area contributed by atoms with Crippen LogP contribution in [-0.2, 0) is 19.6 Å². The smallest absolute Gasteiger partial charge is 0.243 e. The zero-order valence-corrected chi connectivity index (χ0v) is 15.0. The summed E-state index contributed by atoms with van der Waals surface area (Å²) in [6.07, 6.45) is 5.00. The fourth-order valence-corrected chi connectivity index (χ4v) is 4.65. The number of nitrogens with one attached hydrogen (secondary N) is 1. The highest BCUT2D eigenvalue weighted by Gasteiger charge is 2.33.